The molecule has 0 aliphatic carbocycles. The Morgan fingerprint density at radius 1 is 1.35 bits per heavy atom. The first-order valence-corrected chi connectivity index (χ1v) is 8.57. The lowest BCUT2D eigenvalue weighted by Gasteiger charge is -2.00. The van der Waals surface area contributed by atoms with Gasteiger partial charge in [0.15, 0.2) is 10.4 Å². The molecule has 0 aromatic carbocycles. The normalized spacial score (nSPS) is 11.5. The van der Waals surface area contributed by atoms with Crippen LogP contribution in [0.4, 0.5) is 0 Å². The van der Waals surface area contributed by atoms with Crippen molar-refractivity contribution in [3.05, 3.63) is 39.6 Å². The Hall–Kier alpha value is -1.16. The van der Waals surface area contributed by atoms with E-state index in [0.717, 1.165) is 16.2 Å². The van der Waals surface area contributed by atoms with Crippen LogP contribution in [0, 0.1) is 0 Å². The number of furan rings is 1. The van der Waals surface area contributed by atoms with Crippen molar-refractivity contribution in [3.63, 3.8) is 0 Å². The molecule has 2 heterocycles. The van der Waals surface area contributed by atoms with Crippen molar-refractivity contribution in [2.24, 2.45) is 0 Å². The van der Waals surface area contributed by atoms with E-state index >= 15 is 0 Å². The summed E-state index contributed by atoms with van der Waals surface area (Å²) in [6.45, 7) is 0.237. The van der Waals surface area contributed by atoms with E-state index in [1.54, 1.807) is 18.2 Å². The molecular formula is C11H11BrN2O4S2. The first-order chi connectivity index (χ1) is 9.42. The van der Waals surface area contributed by atoms with Crippen LogP contribution in [0.25, 0.3) is 0 Å². The first-order valence-electron chi connectivity index (χ1n) is 5.48. The number of sulfonamides is 1. The predicted octanol–water partition coefficient (Wildman–Crippen LogP) is 1.94. The monoisotopic (exact) mass is 378 g/mol. The Balaban J connectivity index is 2.00. The van der Waals surface area contributed by atoms with E-state index in [4.69, 9.17) is 4.42 Å². The fraction of sp³-hybridized carbons (Fsp3) is 0.182. The molecule has 0 atom stereocenters. The van der Waals surface area contributed by atoms with E-state index < -0.39 is 10.0 Å². The van der Waals surface area contributed by atoms with Crippen molar-refractivity contribution in [2.45, 2.75) is 10.8 Å². The Labute approximate surface area is 128 Å². The van der Waals surface area contributed by atoms with Crippen LogP contribution in [0.1, 0.15) is 15.4 Å². The fourth-order valence-electron chi connectivity index (χ4n) is 1.39. The van der Waals surface area contributed by atoms with Gasteiger partial charge in [0.25, 0.3) is 5.91 Å². The van der Waals surface area contributed by atoms with Crippen molar-refractivity contribution in [3.8, 4) is 0 Å². The van der Waals surface area contributed by atoms with E-state index in [2.05, 4.69) is 26.0 Å². The zero-order valence-electron chi connectivity index (χ0n) is 10.3. The van der Waals surface area contributed by atoms with Gasteiger partial charge in [-0.3, -0.25) is 4.79 Å². The van der Waals surface area contributed by atoms with Crippen LogP contribution in [0.5, 0.6) is 0 Å². The van der Waals surface area contributed by atoms with E-state index in [9.17, 15) is 13.2 Å². The van der Waals surface area contributed by atoms with Gasteiger partial charge >= 0.3 is 0 Å². The zero-order valence-corrected chi connectivity index (χ0v) is 13.6. The van der Waals surface area contributed by atoms with Gasteiger partial charge in [-0.05, 0) is 47.2 Å². The lowest BCUT2D eigenvalue weighted by Crippen LogP contribution is -2.21. The van der Waals surface area contributed by atoms with E-state index in [0.29, 0.717) is 4.67 Å². The molecule has 9 heteroatoms. The van der Waals surface area contributed by atoms with Gasteiger partial charge in [-0.1, -0.05) is 0 Å². The Morgan fingerprint density at radius 2 is 2.10 bits per heavy atom. The molecule has 0 aliphatic rings. The quantitative estimate of drug-likeness (QED) is 0.831. The third-order valence-corrected chi connectivity index (χ3v) is 5.81. The number of rotatable bonds is 5. The van der Waals surface area contributed by atoms with Crippen LogP contribution < -0.4 is 10.0 Å². The molecule has 2 rings (SSSR count). The highest BCUT2D eigenvalue weighted by atomic mass is 79.9. The van der Waals surface area contributed by atoms with Crippen LogP contribution in [-0.4, -0.2) is 21.4 Å². The van der Waals surface area contributed by atoms with Gasteiger partial charge in [-0.25, -0.2) is 13.1 Å². The third-order valence-electron chi connectivity index (χ3n) is 2.39. The van der Waals surface area contributed by atoms with E-state index in [1.807, 2.05) is 0 Å². The number of nitrogens with one attached hydrogen (secondary N) is 2. The predicted molar refractivity (Wildman–Crippen MR) is 78.1 cm³/mol. The van der Waals surface area contributed by atoms with E-state index in [1.165, 1.54) is 13.1 Å². The lowest BCUT2D eigenvalue weighted by atomic mass is 10.4. The molecule has 2 aromatic rings. The fourth-order valence-corrected chi connectivity index (χ4v) is 3.83. The topological polar surface area (TPSA) is 88.4 Å². The number of halogens is 1. The Morgan fingerprint density at radius 3 is 2.70 bits per heavy atom. The van der Waals surface area contributed by atoms with Gasteiger partial charge in [0.2, 0.25) is 10.0 Å². The maximum absolute atomic E-state index is 11.7. The maximum Gasteiger partial charge on any atom is 0.287 e. The summed E-state index contributed by atoms with van der Waals surface area (Å²) in [7, 11) is -2.08. The highest BCUT2D eigenvalue weighted by molar-refractivity contribution is 9.10. The second kappa shape index (κ2) is 6.08. The molecule has 0 fully saturated rings. The van der Waals surface area contributed by atoms with Crippen LogP contribution >= 0.6 is 27.3 Å². The summed E-state index contributed by atoms with van der Waals surface area (Å²) in [5.41, 5.74) is 0. The third kappa shape index (κ3) is 3.48. The molecule has 0 aliphatic heterocycles. The lowest BCUT2D eigenvalue weighted by molar-refractivity contribution is 0.0922. The molecule has 6 nitrogen and oxygen atoms in total. The minimum absolute atomic E-state index is 0.191. The minimum Gasteiger partial charge on any atom is -0.444 e. The molecule has 0 bridgehead atoms. The number of amides is 1. The van der Waals surface area contributed by atoms with Crippen molar-refractivity contribution in [2.75, 3.05) is 7.05 Å². The summed E-state index contributed by atoms with van der Waals surface area (Å²) in [6.07, 6.45) is 0. The summed E-state index contributed by atoms with van der Waals surface area (Å²) in [5.74, 6) is -0.168. The molecule has 0 unspecified atom stereocenters. The van der Waals surface area contributed by atoms with Crippen molar-refractivity contribution >= 4 is 43.2 Å². The summed E-state index contributed by atoms with van der Waals surface area (Å²) >= 11 is 4.21. The summed E-state index contributed by atoms with van der Waals surface area (Å²) in [4.78, 5) is 12.5. The molecule has 2 N–H and O–H groups in total. The standard InChI is InChI=1S/C11H11BrN2O4S2/c1-13-20(16,17)10-5-2-7(19-10)6-14-11(15)8-3-4-9(12)18-8/h2-5,13H,6H2,1H3,(H,14,15). The number of thiophene rings is 1. The average Bonchev–Trinajstić information content (AvgIpc) is 3.05. The molecule has 2 aromatic heterocycles. The Kier molecular flexibility index (Phi) is 4.63. The van der Waals surface area contributed by atoms with E-state index in [-0.39, 0.29) is 22.4 Å². The first kappa shape index (κ1) is 15.2. The molecule has 0 spiro atoms. The molecule has 108 valence electrons. The number of carbonyl (C=O) groups is 1. The van der Waals surface area contributed by atoms with Gasteiger partial charge in [-0.15, -0.1) is 11.3 Å². The number of hydrogen-bond donors (Lipinski definition) is 2. The van der Waals surface area contributed by atoms with Gasteiger partial charge in [0, 0.05) is 4.88 Å². The Bertz CT molecular complexity index is 720. The molecule has 0 radical (unpaired) electrons. The summed E-state index contributed by atoms with van der Waals surface area (Å²) in [5, 5.41) is 2.65. The largest absolute Gasteiger partial charge is 0.444 e. The number of carbonyl (C=O) groups excluding carboxylic acids is 1. The van der Waals surface area contributed by atoms with Crippen LogP contribution in [0.2, 0.25) is 0 Å². The molecule has 0 saturated heterocycles. The molecule has 20 heavy (non-hydrogen) atoms. The highest BCUT2D eigenvalue weighted by Crippen LogP contribution is 2.21. The smallest absolute Gasteiger partial charge is 0.287 e. The van der Waals surface area contributed by atoms with Crippen LogP contribution in [0.15, 0.2) is 37.6 Å². The van der Waals surface area contributed by atoms with Crippen molar-refractivity contribution in [1.82, 2.24) is 10.0 Å². The van der Waals surface area contributed by atoms with Gasteiger partial charge < -0.3 is 9.73 Å². The van der Waals surface area contributed by atoms with Gasteiger partial charge in [0.1, 0.15) is 4.21 Å². The average molecular weight is 379 g/mol. The second-order valence-electron chi connectivity index (χ2n) is 3.71. The molecular weight excluding hydrogens is 368 g/mol. The van der Waals surface area contributed by atoms with Crippen molar-refractivity contribution < 1.29 is 17.6 Å². The minimum atomic E-state index is -3.43. The number of hydrogen-bond acceptors (Lipinski definition) is 5. The molecule has 0 saturated carbocycles. The van der Waals surface area contributed by atoms with Gasteiger partial charge in [0.05, 0.1) is 6.54 Å². The highest BCUT2D eigenvalue weighted by Gasteiger charge is 2.15. The second-order valence-corrected chi connectivity index (χ2v) is 7.78. The van der Waals surface area contributed by atoms with Crippen molar-refractivity contribution in [1.29, 1.82) is 0 Å². The van der Waals surface area contributed by atoms with Crippen LogP contribution in [0.3, 0.4) is 0 Å². The maximum atomic E-state index is 11.7. The van der Waals surface area contributed by atoms with Gasteiger partial charge in [-0.2, -0.15) is 0 Å². The van der Waals surface area contributed by atoms with Crippen LogP contribution in [-0.2, 0) is 16.6 Å². The molecule has 1 amide bonds. The SMILES string of the molecule is CNS(=O)(=O)c1ccc(CNC(=O)c2ccc(Br)o2)s1. The zero-order chi connectivity index (χ0) is 14.8. The summed E-state index contributed by atoms with van der Waals surface area (Å²) < 4.78 is 31.2. The summed E-state index contributed by atoms with van der Waals surface area (Å²) in [6, 6.07) is 6.33.